The predicted octanol–water partition coefficient (Wildman–Crippen LogP) is 1.34. The number of likely N-dealkylation sites (tertiary alicyclic amines) is 1. The summed E-state index contributed by atoms with van der Waals surface area (Å²) in [7, 11) is 0. The van der Waals surface area contributed by atoms with Crippen molar-refractivity contribution in [3.05, 3.63) is 24.2 Å². The maximum Gasteiger partial charge on any atom is 0.257 e. The Balaban J connectivity index is 2.03. The fourth-order valence-electron chi connectivity index (χ4n) is 2.21. The van der Waals surface area contributed by atoms with Crippen molar-refractivity contribution in [2.24, 2.45) is 17.6 Å². The Bertz CT molecular complexity index is 348. The molecule has 1 amide bonds. The first kappa shape index (κ1) is 11.2. The van der Waals surface area contributed by atoms with Gasteiger partial charge in [-0.3, -0.25) is 4.79 Å². The third kappa shape index (κ3) is 2.11. The molecule has 0 radical (unpaired) electrons. The van der Waals surface area contributed by atoms with Gasteiger partial charge >= 0.3 is 0 Å². The molecule has 2 rings (SSSR count). The first-order valence-corrected chi connectivity index (χ1v) is 5.74. The molecule has 0 spiro atoms. The van der Waals surface area contributed by atoms with Crippen LogP contribution in [0.25, 0.3) is 0 Å². The zero-order valence-corrected chi connectivity index (χ0v) is 9.56. The van der Waals surface area contributed by atoms with Crippen LogP contribution in [0.2, 0.25) is 0 Å². The zero-order chi connectivity index (χ0) is 11.5. The van der Waals surface area contributed by atoms with E-state index in [1.54, 1.807) is 6.07 Å². The van der Waals surface area contributed by atoms with E-state index in [0.717, 1.165) is 19.5 Å². The predicted molar refractivity (Wildman–Crippen MR) is 60.9 cm³/mol. The third-order valence-electron chi connectivity index (χ3n) is 3.47. The molecule has 1 aliphatic heterocycles. The van der Waals surface area contributed by atoms with Crippen molar-refractivity contribution in [1.29, 1.82) is 0 Å². The number of nitrogens with zero attached hydrogens (tertiary/aromatic N) is 1. The normalized spacial score (nSPS) is 25.8. The van der Waals surface area contributed by atoms with Crippen LogP contribution in [0.4, 0.5) is 0 Å². The molecule has 16 heavy (non-hydrogen) atoms. The summed E-state index contributed by atoms with van der Waals surface area (Å²) in [6, 6.07) is 1.71. The molecular formula is C12H18N2O2. The summed E-state index contributed by atoms with van der Waals surface area (Å²) in [6.07, 6.45) is 4.06. The highest BCUT2D eigenvalue weighted by molar-refractivity contribution is 5.93. The third-order valence-corrected chi connectivity index (χ3v) is 3.47. The second-order valence-electron chi connectivity index (χ2n) is 4.52. The van der Waals surface area contributed by atoms with Crippen molar-refractivity contribution in [2.75, 3.05) is 19.6 Å². The number of amides is 1. The quantitative estimate of drug-likeness (QED) is 0.821. The number of furan rings is 1. The van der Waals surface area contributed by atoms with Gasteiger partial charge in [-0.2, -0.15) is 0 Å². The molecule has 2 heterocycles. The molecule has 2 atom stereocenters. The van der Waals surface area contributed by atoms with Crippen molar-refractivity contribution in [1.82, 2.24) is 4.90 Å². The van der Waals surface area contributed by atoms with E-state index in [9.17, 15) is 4.79 Å². The highest BCUT2D eigenvalue weighted by atomic mass is 16.3. The Kier molecular flexibility index (Phi) is 3.29. The summed E-state index contributed by atoms with van der Waals surface area (Å²) < 4.78 is 4.93. The van der Waals surface area contributed by atoms with Crippen LogP contribution in [0.1, 0.15) is 23.7 Å². The van der Waals surface area contributed by atoms with E-state index in [-0.39, 0.29) is 5.91 Å². The van der Waals surface area contributed by atoms with E-state index >= 15 is 0 Å². The average molecular weight is 222 g/mol. The van der Waals surface area contributed by atoms with Crippen LogP contribution in [-0.2, 0) is 0 Å². The Hall–Kier alpha value is -1.29. The molecule has 1 fully saturated rings. The molecular weight excluding hydrogens is 204 g/mol. The number of carbonyl (C=O) groups excluding carboxylic acids is 1. The first-order valence-electron chi connectivity index (χ1n) is 5.74. The largest absolute Gasteiger partial charge is 0.472 e. The van der Waals surface area contributed by atoms with Gasteiger partial charge in [0.1, 0.15) is 6.26 Å². The molecule has 88 valence electrons. The lowest BCUT2D eigenvalue weighted by molar-refractivity contribution is 0.0618. The van der Waals surface area contributed by atoms with Crippen LogP contribution in [0, 0.1) is 11.8 Å². The van der Waals surface area contributed by atoms with Crippen LogP contribution in [0.5, 0.6) is 0 Å². The summed E-state index contributed by atoms with van der Waals surface area (Å²) >= 11 is 0. The van der Waals surface area contributed by atoms with E-state index in [4.69, 9.17) is 10.2 Å². The lowest BCUT2D eigenvalue weighted by Crippen LogP contribution is -2.45. The topological polar surface area (TPSA) is 59.5 Å². The molecule has 0 bridgehead atoms. The highest BCUT2D eigenvalue weighted by Gasteiger charge is 2.28. The minimum absolute atomic E-state index is 0.0547. The number of hydrogen-bond acceptors (Lipinski definition) is 3. The summed E-state index contributed by atoms with van der Waals surface area (Å²) in [4.78, 5) is 13.9. The van der Waals surface area contributed by atoms with Gasteiger partial charge in [-0.25, -0.2) is 0 Å². The van der Waals surface area contributed by atoms with Gasteiger partial charge in [-0.1, -0.05) is 6.92 Å². The van der Waals surface area contributed by atoms with Crippen molar-refractivity contribution >= 4 is 5.91 Å². The monoisotopic (exact) mass is 222 g/mol. The summed E-state index contributed by atoms with van der Waals surface area (Å²) in [5.74, 6) is 1.09. The minimum atomic E-state index is 0.0547. The zero-order valence-electron chi connectivity index (χ0n) is 9.56. The molecule has 1 aromatic rings. The minimum Gasteiger partial charge on any atom is -0.472 e. The van der Waals surface area contributed by atoms with Crippen LogP contribution >= 0.6 is 0 Å². The van der Waals surface area contributed by atoms with E-state index in [1.165, 1.54) is 12.5 Å². The fourth-order valence-corrected chi connectivity index (χ4v) is 2.21. The van der Waals surface area contributed by atoms with E-state index in [1.807, 2.05) is 4.90 Å². The maximum atomic E-state index is 12.1. The van der Waals surface area contributed by atoms with Gasteiger partial charge in [-0.05, 0) is 30.9 Å². The number of hydrogen-bond donors (Lipinski definition) is 1. The molecule has 1 aromatic heterocycles. The molecule has 0 aliphatic carbocycles. The summed E-state index contributed by atoms with van der Waals surface area (Å²) in [5.41, 5.74) is 6.35. The molecule has 0 aromatic carbocycles. The smallest absolute Gasteiger partial charge is 0.257 e. The average Bonchev–Trinajstić information content (AvgIpc) is 2.82. The van der Waals surface area contributed by atoms with Gasteiger partial charge in [0.05, 0.1) is 11.8 Å². The van der Waals surface area contributed by atoms with Gasteiger partial charge in [0.2, 0.25) is 0 Å². The number of piperidine rings is 1. The highest BCUT2D eigenvalue weighted by Crippen LogP contribution is 2.23. The van der Waals surface area contributed by atoms with Gasteiger partial charge < -0.3 is 15.1 Å². The lowest BCUT2D eigenvalue weighted by Gasteiger charge is -2.36. The van der Waals surface area contributed by atoms with Gasteiger partial charge in [0.25, 0.3) is 5.91 Å². The van der Waals surface area contributed by atoms with Crippen LogP contribution in [0.3, 0.4) is 0 Å². The number of nitrogens with two attached hydrogens (primary N) is 1. The Morgan fingerprint density at radius 2 is 2.50 bits per heavy atom. The molecule has 1 aliphatic rings. The van der Waals surface area contributed by atoms with E-state index in [0.29, 0.717) is 23.9 Å². The second-order valence-corrected chi connectivity index (χ2v) is 4.52. The van der Waals surface area contributed by atoms with Gasteiger partial charge in [-0.15, -0.1) is 0 Å². The molecule has 4 heteroatoms. The Labute approximate surface area is 95.4 Å². The molecule has 1 saturated heterocycles. The van der Waals surface area contributed by atoms with E-state index in [2.05, 4.69) is 6.92 Å². The van der Waals surface area contributed by atoms with Crippen LogP contribution in [0.15, 0.2) is 23.0 Å². The second kappa shape index (κ2) is 4.70. The van der Waals surface area contributed by atoms with Crippen molar-refractivity contribution in [3.63, 3.8) is 0 Å². The van der Waals surface area contributed by atoms with Crippen molar-refractivity contribution in [3.8, 4) is 0 Å². The molecule has 4 nitrogen and oxygen atoms in total. The maximum absolute atomic E-state index is 12.1. The Morgan fingerprint density at radius 3 is 3.12 bits per heavy atom. The van der Waals surface area contributed by atoms with Crippen LogP contribution < -0.4 is 5.73 Å². The lowest BCUT2D eigenvalue weighted by atomic mass is 9.87. The number of carbonyl (C=O) groups is 1. The molecule has 2 N–H and O–H groups in total. The van der Waals surface area contributed by atoms with Crippen molar-refractivity contribution < 1.29 is 9.21 Å². The fraction of sp³-hybridized carbons (Fsp3) is 0.583. The molecule has 2 unspecified atom stereocenters. The van der Waals surface area contributed by atoms with Crippen molar-refractivity contribution in [2.45, 2.75) is 13.3 Å². The van der Waals surface area contributed by atoms with Gasteiger partial charge in [0.15, 0.2) is 0 Å². The van der Waals surface area contributed by atoms with E-state index < -0.39 is 0 Å². The van der Waals surface area contributed by atoms with Gasteiger partial charge in [0, 0.05) is 13.1 Å². The number of rotatable bonds is 2. The Morgan fingerprint density at radius 1 is 1.69 bits per heavy atom. The van der Waals surface area contributed by atoms with Crippen LogP contribution in [-0.4, -0.2) is 30.4 Å². The standard InChI is InChI=1S/C12H18N2O2/c1-9-2-4-14(7-11(9)6-13)12(15)10-3-5-16-8-10/h3,5,8-9,11H,2,4,6-7,13H2,1H3. The summed E-state index contributed by atoms with van der Waals surface area (Å²) in [5, 5.41) is 0. The molecule has 0 saturated carbocycles. The SMILES string of the molecule is CC1CCN(C(=O)c2ccoc2)CC1CN. The summed E-state index contributed by atoms with van der Waals surface area (Å²) in [6.45, 7) is 4.44. The first-order chi connectivity index (χ1) is 7.72.